The first-order chi connectivity index (χ1) is 10.2. The first-order valence-electron chi connectivity index (χ1n) is 6.36. The topological polar surface area (TPSA) is 43.0 Å². The molecule has 2 aromatic carbocycles. The highest BCUT2D eigenvalue weighted by atomic mass is 32.1. The molecule has 0 fully saturated rings. The van der Waals surface area contributed by atoms with Crippen LogP contribution in [0, 0.1) is 10.7 Å². The second-order valence-corrected chi connectivity index (χ2v) is 4.70. The average Bonchev–Trinajstić information content (AvgIpc) is 2.89. The number of benzene rings is 2. The summed E-state index contributed by atoms with van der Waals surface area (Å²) >= 11 is 5.12. The van der Waals surface area contributed by atoms with E-state index in [1.54, 1.807) is 18.2 Å². The summed E-state index contributed by atoms with van der Waals surface area (Å²) in [5, 5.41) is 7.22. The molecule has 4 nitrogen and oxygen atoms in total. The van der Waals surface area contributed by atoms with Crippen LogP contribution in [0.4, 0.5) is 10.1 Å². The highest BCUT2D eigenvalue weighted by Gasteiger charge is 2.08. The number of nitrogens with one attached hydrogen (secondary N) is 1. The molecule has 1 N–H and O–H groups in total. The molecule has 0 unspecified atom stereocenters. The Morgan fingerprint density at radius 1 is 1.10 bits per heavy atom. The van der Waals surface area contributed by atoms with Gasteiger partial charge in [0.15, 0.2) is 0 Å². The van der Waals surface area contributed by atoms with E-state index in [2.05, 4.69) is 10.4 Å². The van der Waals surface area contributed by atoms with Crippen molar-refractivity contribution < 1.29 is 8.81 Å². The van der Waals surface area contributed by atoms with Crippen molar-refractivity contribution in [2.45, 2.75) is 6.67 Å². The van der Waals surface area contributed by atoms with E-state index < -0.39 is 0 Å². The van der Waals surface area contributed by atoms with Crippen molar-refractivity contribution in [3.8, 4) is 11.5 Å². The van der Waals surface area contributed by atoms with E-state index in [1.807, 2.05) is 30.3 Å². The van der Waals surface area contributed by atoms with E-state index >= 15 is 0 Å². The molecule has 1 aromatic heterocycles. The summed E-state index contributed by atoms with van der Waals surface area (Å²) in [5.41, 5.74) is 1.23. The van der Waals surface area contributed by atoms with Crippen LogP contribution in [0.25, 0.3) is 11.5 Å². The van der Waals surface area contributed by atoms with Crippen LogP contribution in [-0.4, -0.2) is 9.78 Å². The summed E-state index contributed by atoms with van der Waals surface area (Å²) in [6.07, 6.45) is 0. The molecule has 106 valence electrons. The third-order valence-corrected chi connectivity index (χ3v) is 3.21. The summed E-state index contributed by atoms with van der Waals surface area (Å²) in [6.45, 7) is 0.232. The van der Waals surface area contributed by atoms with Gasteiger partial charge in [-0.05, 0) is 36.5 Å². The second-order valence-electron chi connectivity index (χ2n) is 4.35. The molecule has 0 radical (unpaired) electrons. The Balaban J connectivity index is 1.80. The number of halogens is 1. The molecule has 0 spiro atoms. The molecular weight excluding hydrogens is 289 g/mol. The van der Waals surface area contributed by atoms with Crippen LogP contribution in [0.2, 0.25) is 0 Å². The van der Waals surface area contributed by atoms with E-state index in [-0.39, 0.29) is 17.3 Å². The third kappa shape index (κ3) is 3.00. The summed E-state index contributed by atoms with van der Waals surface area (Å²) < 4.78 is 20.4. The molecule has 3 rings (SSSR count). The van der Waals surface area contributed by atoms with Gasteiger partial charge in [0.25, 0.3) is 4.84 Å². The fraction of sp³-hybridized carbons (Fsp3) is 0.0667. The van der Waals surface area contributed by atoms with Crippen molar-refractivity contribution in [2.24, 2.45) is 0 Å². The van der Waals surface area contributed by atoms with Gasteiger partial charge in [-0.1, -0.05) is 30.3 Å². The lowest BCUT2D eigenvalue weighted by atomic mass is 10.2. The van der Waals surface area contributed by atoms with Crippen LogP contribution < -0.4 is 5.32 Å². The third-order valence-electron chi connectivity index (χ3n) is 2.92. The molecule has 0 saturated heterocycles. The number of para-hydroxylation sites is 1. The SMILES string of the molecule is Fc1ccccc1NCn1nc(-c2ccccc2)oc1=S. The monoisotopic (exact) mass is 301 g/mol. The minimum absolute atomic E-state index is 0.232. The van der Waals surface area contributed by atoms with Crippen LogP contribution in [0.5, 0.6) is 0 Å². The number of aromatic nitrogens is 2. The van der Waals surface area contributed by atoms with Gasteiger partial charge in [0.1, 0.15) is 12.5 Å². The Bertz CT molecular complexity index is 798. The molecule has 3 aromatic rings. The van der Waals surface area contributed by atoms with Crippen molar-refractivity contribution in [3.63, 3.8) is 0 Å². The molecule has 0 bridgehead atoms. The van der Waals surface area contributed by atoms with Gasteiger partial charge in [-0.2, -0.15) is 0 Å². The molecule has 0 amide bonds. The molecule has 0 aliphatic heterocycles. The van der Waals surface area contributed by atoms with Crippen LogP contribution in [0.1, 0.15) is 0 Å². The van der Waals surface area contributed by atoms with Crippen molar-refractivity contribution in [1.29, 1.82) is 0 Å². The normalized spacial score (nSPS) is 10.5. The predicted octanol–water partition coefficient (Wildman–Crippen LogP) is 4.08. The van der Waals surface area contributed by atoms with Gasteiger partial charge in [-0.3, -0.25) is 0 Å². The number of anilines is 1. The fourth-order valence-electron chi connectivity index (χ4n) is 1.87. The number of hydrogen-bond acceptors (Lipinski definition) is 4. The van der Waals surface area contributed by atoms with E-state index in [0.29, 0.717) is 11.6 Å². The van der Waals surface area contributed by atoms with Crippen LogP contribution >= 0.6 is 12.2 Å². The lowest BCUT2D eigenvalue weighted by Crippen LogP contribution is -2.10. The number of hydrogen-bond donors (Lipinski definition) is 1. The van der Waals surface area contributed by atoms with Crippen molar-refractivity contribution in [3.05, 3.63) is 65.3 Å². The first kappa shape index (κ1) is 13.5. The van der Waals surface area contributed by atoms with Crippen LogP contribution in [0.15, 0.2) is 59.0 Å². The maximum absolute atomic E-state index is 13.5. The van der Waals surface area contributed by atoms with Gasteiger partial charge >= 0.3 is 0 Å². The largest absolute Gasteiger partial charge is 0.409 e. The highest BCUT2D eigenvalue weighted by Crippen LogP contribution is 2.17. The molecular formula is C15H12FN3OS. The van der Waals surface area contributed by atoms with E-state index in [4.69, 9.17) is 16.6 Å². The lowest BCUT2D eigenvalue weighted by Gasteiger charge is -2.06. The van der Waals surface area contributed by atoms with E-state index in [1.165, 1.54) is 10.7 Å². The van der Waals surface area contributed by atoms with Crippen LogP contribution in [0.3, 0.4) is 0 Å². The Hall–Kier alpha value is -2.47. The standard InChI is InChI=1S/C15H12FN3OS/c16-12-8-4-5-9-13(12)17-10-19-15(21)20-14(18-19)11-6-2-1-3-7-11/h1-9,17H,10H2. The van der Waals surface area contributed by atoms with Crippen molar-refractivity contribution in [2.75, 3.05) is 5.32 Å². The molecule has 21 heavy (non-hydrogen) atoms. The maximum atomic E-state index is 13.5. The summed E-state index contributed by atoms with van der Waals surface area (Å²) in [5.74, 6) is 0.117. The molecule has 0 saturated carbocycles. The predicted molar refractivity (Wildman–Crippen MR) is 80.8 cm³/mol. The minimum Gasteiger partial charge on any atom is -0.409 e. The molecule has 0 aliphatic rings. The van der Waals surface area contributed by atoms with Crippen molar-refractivity contribution >= 4 is 17.9 Å². The van der Waals surface area contributed by atoms with Crippen molar-refractivity contribution in [1.82, 2.24) is 9.78 Å². The summed E-state index contributed by atoms with van der Waals surface area (Å²) in [4.78, 5) is 0.234. The van der Waals surface area contributed by atoms with Gasteiger partial charge in [0.2, 0.25) is 5.89 Å². The molecule has 0 atom stereocenters. The molecule has 6 heteroatoms. The number of nitrogens with zero attached hydrogens (tertiary/aromatic N) is 2. The Morgan fingerprint density at radius 2 is 1.81 bits per heavy atom. The van der Waals surface area contributed by atoms with Gasteiger partial charge < -0.3 is 9.73 Å². The molecule has 0 aliphatic carbocycles. The van der Waals surface area contributed by atoms with Crippen LogP contribution in [-0.2, 0) is 6.67 Å². The Kier molecular flexibility index (Phi) is 3.79. The Morgan fingerprint density at radius 3 is 2.57 bits per heavy atom. The maximum Gasteiger partial charge on any atom is 0.289 e. The zero-order valence-electron chi connectivity index (χ0n) is 11.0. The van der Waals surface area contributed by atoms with E-state index in [0.717, 1.165) is 5.56 Å². The van der Waals surface area contributed by atoms with Gasteiger partial charge in [0, 0.05) is 5.56 Å². The minimum atomic E-state index is -0.323. The van der Waals surface area contributed by atoms with Gasteiger partial charge in [0.05, 0.1) is 5.69 Å². The highest BCUT2D eigenvalue weighted by molar-refractivity contribution is 7.71. The zero-order chi connectivity index (χ0) is 14.7. The fourth-order valence-corrected chi connectivity index (χ4v) is 2.05. The molecule has 1 heterocycles. The zero-order valence-corrected chi connectivity index (χ0v) is 11.8. The lowest BCUT2D eigenvalue weighted by molar-refractivity contribution is 0.521. The van der Waals surface area contributed by atoms with E-state index in [9.17, 15) is 4.39 Å². The summed E-state index contributed by atoms with van der Waals surface area (Å²) in [6, 6.07) is 15.9. The quantitative estimate of drug-likeness (QED) is 0.737. The smallest absolute Gasteiger partial charge is 0.289 e. The van der Waals surface area contributed by atoms with Gasteiger partial charge in [-0.25, -0.2) is 9.07 Å². The number of rotatable bonds is 4. The first-order valence-corrected chi connectivity index (χ1v) is 6.76. The Labute approximate surface area is 125 Å². The summed E-state index contributed by atoms with van der Waals surface area (Å²) in [7, 11) is 0. The average molecular weight is 301 g/mol. The second kappa shape index (κ2) is 5.88. The van der Waals surface area contributed by atoms with Gasteiger partial charge in [-0.15, -0.1) is 5.10 Å².